The summed E-state index contributed by atoms with van der Waals surface area (Å²) < 4.78 is 10.7. The fourth-order valence-electron chi connectivity index (χ4n) is 2.79. The van der Waals surface area contributed by atoms with E-state index >= 15 is 0 Å². The van der Waals surface area contributed by atoms with Crippen LogP contribution in [0.15, 0.2) is 54.6 Å². The average Bonchev–Trinajstić information content (AvgIpc) is 2.67. The molecule has 1 fully saturated rings. The molecule has 2 aromatic carbocycles. The standard InChI is InChI=1S/C20H22N2O4/c1-15-13-22(10-11-25-15)19(23)17-8-5-9-18(12-17)21-20(24)26-14-16-6-3-2-4-7-16/h2-9,12,15H,10-11,13-14H2,1H3,(H,21,24). The Morgan fingerprint density at radius 3 is 2.77 bits per heavy atom. The van der Waals surface area contributed by atoms with E-state index in [1.54, 1.807) is 29.2 Å². The summed E-state index contributed by atoms with van der Waals surface area (Å²) in [5.74, 6) is -0.0681. The number of ether oxygens (including phenoxy) is 2. The Kier molecular flexibility index (Phi) is 5.86. The fourth-order valence-corrected chi connectivity index (χ4v) is 2.79. The molecule has 3 rings (SSSR count). The van der Waals surface area contributed by atoms with Gasteiger partial charge in [-0.05, 0) is 30.7 Å². The van der Waals surface area contributed by atoms with Crippen LogP contribution in [-0.2, 0) is 16.1 Å². The van der Waals surface area contributed by atoms with Crippen LogP contribution < -0.4 is 5.32 Å². The number of carbonyl (C=O) groups excluding carboxylic acids is 2. The molecule has 6 heteroatoms. The molecule has 1 aliphatic rings. The molecule has 0 aromatic heterocycles. The minimum absolute atomic E-state index is 0.0296. The van der Waals surface area contributed by atoms with Crippen LogP contribution in [0.3, 0.4) is 0 Å². The van der Waals surface area contributed by atoms with Crippen LogP contribution in [0.4, 0.5) is 10.5 Å². The summed E-state index contributed by atoms with van der Waals surface area (Å²) in [5.41, 5.74) is 1.96. The largest absolute Gasteiger partial charge is 0.444 e. The summed E-state index contributed by atoms with van der Waals surface area (Å²) in [6, 6.07) is 16.3. The van der Waals surface area contributed by atoms with E-state index in [0.717, 1.165) is 5.56 Å². The third-order valence-corrected chi connectivity index (χ3v) is 4.10. The molecule has 1 heterocycles. The van der Waals surface area contributed by atoms with Crippen molar-refractivity contribution < 1.29 is 19.1 Å². The number of amides is 2. The van der Waals surface area contributed by atoms with Crippen molar-refractivity contribution in [3.8, 4) is 0 Å². The Bertz CT molecular complexity index is 763. The molecule has 0 radical (unpaired) electrons. The second-order valence-corrected chi connectivity index (χ2v) is 6.20. The van der Waals surface area contributed by atoms with Gasteiger partial charge in [0.1, 0.15) is 6.61 Å². The molecule has 0 spiro atoms. The normalized spacial score (nSPS) is 16.8. The van der Waals surface area contributed by atoms with Gasteiger partial charge in [0.15, 0.2) is 0 Å². The van der Waals surface area contributed by atoms with Crippen LogP contribution in [0.1, 0.15) is 22.8 Å². The molecule has 6 nitrogen and oxygen atoms in total. The highest BCUT2D eigenvalue weighted by molar-refractivity contribution is 5.96. The van der Waals surface area contributed by atoms with E-state index in [1.807, 2.05) is 37.3 Å². The summed E-state index contributed by atoms with van der Waals surface area (Å²) in [7, 11) is 0. The summed E-state index contributed by atoms with van der Waals surface area (Å²) >= 11 is 0. The van der Waals surface area contributed by atoms with Crippen molar-refractivity contribution in [3.63, 3.8) is 0 Å². The van der Waals surface area contributed by atoms with Crippen molar-refractivity contribution in [1.82, 2.24) is 4.90 Å². The number of benzene rings is 2. The third kappa shape index (κ3) is 4.83. The highest BCUT2D eigenvalue weighted by Crippen LogP contribution is 2.15. The number of carbonyl (C=O) groups is 2. The monoisotopic (exact) mass is 354 g/mol. The third-order valence-electron chi connectivity index (χ3n) is 4.10. The van der Waals surface area contributed by atoms with Crippen LogP contribution in [0.5, 0.6) is 0 Å². The Labute approximate surface area is 152 Å². The number of hydrogen-bond donors (Lipinski definition) is 1. The van der Waals surface area contributed by atoms with Crippen molar-refractivity contribution >= 4 is 17.7 Å². The van der Waals surface area contributed by atoms with Gasteiger partial charge in [-0.1, -0.05) is 36.4 Å². The Morgan fingerprint density at radius 2 is 2.00 bits per heavy atom. The summed E-state index contributed by atoms with van der Waals surface area (Å²) in [6.07, 6.45) is -0.527. The van der Waals surface area contributed by atoms with Gasteiger partial charge < -0.3 is 14.4 Å². The van der Waals surface area contributed by atoms with Gasteiger partial charge in [0.05, 0.1) is 12.7 Å². The van der Waals surface area contributed by atoms with Gasteiger partial charge in [-0.2, -0.15) is 0 Å². The van der Waals surface area contributed by atoms with Crippen LogP contribution in [0.2, 0.25) is 0 Å². The predicted octanol–water partition coefficient (Wildman–Crippen LogP) is 3.30. The first-order chi connectivity index (χ1) is 12.6. The molecule has 1 atom stereocenters. The Balaban J connectivity index is 1.58. The number of rotatable bonds is 4. The molecule has 1 N–H and O–H groups in total. The van der Waals surface area contributed by atoms with Crippen LogP contribution >= 0.6 is 0 Å². The molecule has 26 heavy (non-hydrogen) atoms. The van der Waals surface area contributed by atoms with Gasteiger partial charge in [0, 0.05) is 24.3 Å². The molecule has 0 aliphatic carbocycles. The summed E-state index contributed by atoms with van der Waals surface area (Å²) in [5, 5.41) is 2.66. The SMILES string of the molecule is CC1CN(C(=O)c2cccc(NC(=O)OCc3ccccc3)c2)CCO1. The molecular formula is C20H22N2O4. The van der Waals surface area contributed by atoms with E-state index in [4.69, 9.17) is 9.47 Å². The lowest BCUT2D eigenvalue weighted by Crippen LogP contribution is -2.44. The number of nitrogens with zero attached hydrogens (tertiary/aromatic N) is 1. The van der Waals surface area contributed by atoms with E-state index in [9.17, 15) is 9.59 Å². The van der Waals surface area contributed by atoms with Crippen LogP contribution in [-0.4, -0.2) is 42.7 Å². The highest BCUT2D eigenvalue weighted by atomic mass is 16.5. The van der Waals surface area contributed by atoms with Crippen molar-refractivity contribution in [2.45, 2.75) is 19.6 Å². The molecule has 2 amide bonds. The van der Waals surface area contributed by atoms with Crippen molar-refractivity contribution in [2.24, 2.45) is 0 Å². The first-order valence-electron chi connectivity index (χ1n) is 8.60. The molecule has 1 aliphatic heterocycles. The van der Waals surface area contributed by atoms with Gasteiger partial charge >= 0.3 is 6.09 Å². The van der Waals surface area contributed by atoms with Gasteiger partial charge in [-0.15, -0.1) is 0 Å². The van der Waals surface area contributed by atoms with E-state index in [2.05, 4.69) is 5.32 Å². The lowest BCUT2D eigenvalue weighted by atomic mass is 10.1. The Hall–Kier alpha value is -2.86. The van der Waals surface area contributed by atoms with Crippen molar-refractivity contribution in [3.05, 3.63) is 65.7 Å². The smallest absolute Gasteiger partial charge is 0.411 e. The number of nitrogens with one attached hydrogen (secondary N) is 1. The lowest BCUT2D eigenvalue weighted by Gasteiger charge is -2.31. The number of anilines is 1. The molecule has 0 saturated carbocycles. The van der Waals surface area contributed by atoms with E-state index in [0.29, 0.717) is 30.9 Å². The average molecular weight is 354 g/mol. The fraction of sp³-hybridized carbons (Fsp3) is 0.300. The van der Waals surface area contributed by atoms with E-state index in [-0.39, 0.29) is 18.6 Å². The summed E-state index contributed by atoms with van der Waals surface area (Å²) in [6.45, 7) is 3.81. The van der Waals surface area contributed by atoms with Gasteiger partial charge in [0.25, 0.3) is 5.91 Å². The first-order valence-corrected chi connectivity index (χ1v) is 8.60. The highest BCUT2D eigenvalue weighted by Gasteiger charge is 2.22. The zero-order valence-corrected chi connectivity index (χ0v) is 14.7. The van der Waals surface area contributed by atoms with Crippen molar-refractivity contribution in [1.29, 1.82) is 0 Å². The lowest BCUT2D eigenvalue weighted by molar-refractivity contribution is -0.0124. The number of hydrogen-bond acceptors (Lipinski definition) is 4. The molecule has 1 saturated heterocycles. The molecule has 2 aromatic rings. The zero-order chi connectivity index (χ0) is 18.4. The number of morpholine rings is 1. The molecule has 0 bridgehead atoms. The second-order valence-electron chi connectivity index (χ2n) is 6.20. The van der Waals surface area contributed by atoms with Gasteiger partial charge in [0.2, 0.25) is 0 Å². The van der Waals surface area contributed by atoms with E-state index < -0.39 is 6.09 Å². The first kappa shape index (κ1) is 17.9. The minimum atomic E-state index is -0.557. The van der Waals surface area contributed by atoms with E-state index in [1.165, 1.54) is 0 Å². The van der Waals surface area contributed by atoms with Crippen LogP contribution in [0, 0.1) is 0 Å². The topological polar surface area (TPSA) is 67.9 Å². The van der Waals surface area contributed by atoms with Crippen LogP contribution in [0.25, 0.3) is 0 Å². The Morgan fingerprint density at radius 1 is 1.19 bits per heavy atom. The maximum absolute atomic E-state index is 12.6. The van der Waals surface area contributed by atoms with Crippen molar-refractivity contribution in [2.75, 3.05) is 25.0 Å². The van der Waals surface area contributed by atoms with Gasteiger partial charge in [-0.3, -0.25) is 10.1 Å². The second kappa shape index (κ2) is 8.49. The minimum Gasteiger partial charge on any atom is -0.444 e. The predicted molar refractivity (Wildman–Crippen MR) is 98.0 cm³/mol. The molecule has 136 valence electrons. The quantitative estimate of drug-likeness (QED) is 0.915. The molecule has 1 unspecified atom stereocenters. The van der Waals surface area contributed by atoms with Gasteiger partial charge in [-0.25, -0.2) is 4.79 Å². The summed E-state index contributed by atoms with van der Waals surface area (Å²) in [4.78, 5) is 26.4. The maximum atomic E-state index is 12.6. The zero-order valence-electron chi connectivity index (χ0n) is 14.7. The maximum Gasteiger partial charge on any atom is 0.411 e. The molecular weight excluding hydrogens is 332 g/mol.